The average molecular weight is 554 g/mol. The molecule has 0 saturated carbocycles. The van der Waals surface area contributed by atoms with Gasteiger partial charge in [0.05, 0.1) is 19.1 Å². The van der Waals surface area contributed by atoms with Gasteiger partial charge in [0, 0.05) is 52.7 Å². The molecule has 0 fully saturated rings. The quantitative estimate of drug-likeness (QED) is 0.275. The summed E-state index contributed by atoms with van der Waals surface area (Å²) in [5.74, 6) is -0.220. The van der Waals surface area contributed by atoms with Gasteiger partial charge in [-0.1, -0.05) is 35.9 Å². The molecule has 1 amide bonds. The Morgan fingerprint density at radius 2 is 1.68 bits per heavy atom. The minimum atomic E-state index is -0.768. The first-order valence-corrected chi connectivity index (χ1v) is 13.3. The molecule has 2 aliphatic rings. The first-order chi connectivity index (χ1) is 19.7. The molecule has 0 radical (unpaired) electrons. The van der Waals surface area contributed by atoms with E-state index in [2.05, 4.69) is 10.6 Å². The third kappa shape index (κ3) is 5.43. The fourth-order valence-electron chi connectivity index (χ4n) is 5.67. The highest BCUT2D eigenvalue weighted by atomic mass is 16.6. The lowest BCUT2D eigenvalue weighted by molar-refractivity contribution is -0.384. The maximum absolute atomic E-state index is 13.9. The topological polar surface area (TPSA) is 120 Å². The van der Waals surface area contributed by atoms with Crippen LogP contribution in [0.1, 0.15) is 48.3 Å². The summed E-state index contributed by atoms with van der Waals surface area (Å²) in [6.45, 7) is 3.75. The molecule has 1 aliphatic carbocycles. The van der Waals surface area contributed by atoms with Gasteiger partial charge in [-0.25, -0.2) is 0 Å². The van der Waals surface area contributed by atoms with Crippen molar-refractivity contribution in [2.24, 2.45) is 0 Å². The molecule has 41 heavy (non-hydrogen) atoms. The molecule has 0 spiro atoms. The fourth-order valence-corrected chi connectivity index (χ4v) is 5.67. The second-order valence-electron chi connectivity index (χ2n) is 10.3. The zero-order valence-corrected chi connectivity index (χ0v) is 23.3. The number of anilines is 1. The molecule has 0 aromatic heterocycles. The van der Waals surface area contributed by atoms with Crippen LogP contribution in [0.5, 0.6) is 11.5 Å². The van der Waals surface area contributed by atoms with Crippen LogP contribution in [-0.2, 0) is 9.59 Å². The summed E-state index contributed by atoms with van der Waals surface area (Å²) in [6.07, 6.45) is 0.736. The van der Waals surface area contributed by atoms with E-state index in [1.807, 2.05) is 49.4 Å². The van der Waals surface area contributed by atoms with E-state index in [9.17, 15) is 19.7 Å². The van der Waals surface area contributed by atoms with E-state index in [1.165, 1.54) is 12.1 Å². The maximum atomic E-state index is 13.9. The van der Waals surface area contributed by atoms with Crippen LogP contribution in [0.15, 0.2) is 89.3 Å². The van der Waals surface area contributed by atoms with Gasteiger partial charge < -0.3 is 20.1 Å². The summed E-state index contributed by atoms with van der Waals surface area (Å²) in [4.78, 5) is 38.8. The number of ketones is 1. The van der Waals surface area contributed by atoms with E-state index in [1.54, 1.807) is 33.3 Å². The Morgan fingerprint density at radius 1 is 0.951 bits per heavy atom. The highest BCUT2D eigenvalue weighted by Gasteiger charge is 2.41. The zero-order valence-electron chi connectivity index (χ0n) is 23.3. The van der Waals surface area contributed by atoms with Crippen molar-refractivity contribution in [3.63, 3.8) is 0 Å². The number of allylic oxidation sites excluding steroid dienone is 3. The predicted octanol–water partition coefficient (Wildman–Crippen LogP) is 5.92. The summed E-state index contributed by atoms with van der Waals surface area (Å²) in [7, 11) is 3.14. The summed E-state index contributed by atoms with van der Waals surface area (Å²) in [5, 5.41) is 17.9. The van der Waals surface area contributed by atoms with Gasteiger partial charge in [-0.05, 0) is 61.6 Å². The molecule has 0 bridgehead atoms. The highest BCUT2D eigenvalue weighted by molar-refractivity contribution is 6.10. The number of nitro groups is 1. The van der Waals surface area contributed by atoms with Gasteiger partial charge >= 0.3 is 0 Å². The van der Waals surface area contributed by atoms with Gasteiger partial charge in [0.2, 0.25) is 0 Å². The van der Waals surface area contributed by atoms with Crippen LogP contribution in [0.25, 0.3) is 0 Å². The van der Waals surface area contributed by atoms with Gasteiger partial charge in [0.25, 0.3) is 11.6 Å². The Balaban J connectivity index is 1.57. The van der Waals surface area contributed by atoms with E-state index in [-0.39, 0.29) is 29.7 Å². The minimum Gasteiger partial charge on any atom is -0.493 e. The number of nitrogens with zero attached hydrogens (tertiary/aromatic N) is 1. The number of carbonyl (C=O) groups excluding carboxylic acids is 2. The maximum Gasteiger partial charge on any atom is 0.269 e. The predicted molar refractivity (Wildman–Crippen MR) is 155 cm³/mol. The van der Waals surface area contributed by atoms with E-state index in [4.69, 9.17) is 9.47 Å². The molecule has 5 rings (SSSR count). The number of aryl methyl sites for hydroxylation is 1. The van der Waals surface area contributed by atoms with Crippen molar-refractivity contribution in [1.29, 1.82) is 0 Å². The van der Waals surface area contributed by atoms with E-state index >= 15 is 0 Å². The van der Waals surface area contributed by atoms with Crippen LogP contribution in [0.2, 0.25) is 0 Å². The lowest BCUT2D eigenvalue weighted by Crippen LogP contribution is -2.37. The lowest BCUT2D eigenvalue weighted by Gasteiger charge is -2.37. The molecule has 3 aromatic carbocycles. The van der Waals surface area contributed by atoms with Crippen LogP contribution in [0.4, 0.5) is 11.4 Å². The smallest absolute Gasteiger partial charge is 0.269 e. The molecular formula is C32H31N3O6. The molecule has 2 N–H and O–H groups in total. The second kappa shape index (κ2) is 11.3. The van der Waals surface area contributed by atoms with Crippen molar-refractivity contribution >= 4 is 23.1 Å². The lowest BCUT2D eigenvalue weighted by atomic mass is 9.71. The number of amides is 1. The van der Waals surface area contributed by atoms with Crippen molar-refractivity contribution in [3.05, 3.63) is 116 Å². The minimum absolute atomic E-state index is 0.106. The van der Waals surface area contributed by atoms with Gasteiger partial charge in [-0.3, -0.25) is 19.7 Å². The summed E-state index contributed by atoms with van der Waals surface area (Å²) in [5.41, 5.74) is 5.11. The number of hydrogen-bond donors (Lipinski definition) is 2. The zero-order chi connectivity index (χ0) is 29.3. The van der Waals surface area contributed by atoms with Crippen LogP contribution < -0.4 is 20.1 Å². The summed E-state index contributed by atoms with van der Waals surface area (Å²) < 4.78 is 10.8. The number of non-ortho nitro benzene ring substituents is 1. The Hall–Kier alpha value is -4.92. The molecule has 1 heterocycles. The van der Waals surface area contributed by atoms with Gasteiger partial charge in [0.1, 0.15) is 0 Å². The first-order valence-electron chi connectivity index (χ1n) is 13.3. The second-order valence-corrected chi connectivity index (χ2v) is 10.3. The van der Waals surface area contributed by atoms with Gasteiger partial charge in [-0.2, -0.15) is 0 Å². The Bertz CT molecular complexity index is 1610. The van der Waals surface area contributed by atoms with Crippen LogP contribution >= 0.6 is 0 Å². The molecule has 2 atom stereocenters. The van der Waals surface area contributed by atoms with Crippen molar-refractivity contribution in [1.82, 2.24) is 5.32 Å². The monoisotopic (exact) mass is 553 g/mol. The number of methoxy groups -OCH3 is 2. The molecule has 0 saturated heterocycles. The number of nitro benzene ring substituents is 1. The summed E-state index contributed by atoms with van der Waals surface area (Å²) in [6, 6.07) is 19.2. The average Bonchev–Trinajstić information content (AvgIpc) is 2.97. The highest BCUT2D eigenvalue weighted by Crippen LogP contribution is 2.47. The van der Waals surface area contributed by atoms with E-state index in [0.717, 1.165) is 11.1 Å². The fraction of sp³-hybridized carbons (Fsp3) is 0.250. The molecule has 210 valence electrons. The number of benzene rings is 3. The van der Waals surface area contributed by atoms with Crippen molar-refractivity contribution in [3.8, 4) is 11.5 Å². The molecule has 1 aliphatic heterocycles. The number of ether oxygens (including phenoxy) is 2. The Kier molecular flexibility index (Phi) is 7.61. The van der Waals surface area contributed by atoms with Crippen molar-refractivity contribution < 1.29 is 24.0 Å². The SMILES string of the molecule is COc1ccc([C@@H]2CC(=O)C3=C(C2)NC(C)=C(C(=O)Nc2ccc(C)cc2)[C@@H]3c2cccc([N+](=O)[O-])c2)cc1OC. The normalized spacial score (nSPS) is 18.4. The van der Waals surface area contributed by atoms with Crippen molar-refractivity contribution in [2.75, 3.05) is 19.5 Å². The van der Waals surface area contributed by atoms with Gasteiger partial charge in [0.15, 0.2) is 17.3 Å². The summed E-state index contributed by atoms with van der Waals surface area (Å²) >= 11 is 0. The van der Waals surface area contributed by atoms with E-state index < -0.39 is 10.8 Å². The molecule has 9 nitrogen and oxygen atoms in total. The van der Waals surface area contributed by atoms with Gasteiger partial charge in [-0.15, -0.1) is 0 Å². The molecular weight excluding hydrogens is 522 g/mol. The number of nitrogens with one attached hydrogen (secondary N) is 2. The molecule has 9 heteroatoms. The third-order valence-electron chi connectivity index (χ3n) is 7.68. The van der Waals surface area contributed by atoms with Crippen molar-refractivity contribution in [2.45, 2.75) is 38.5 Å². The number of rotatable bonds is 7. The molecule has 0 unspecified atom stereocenters. The number of dihydropyridines is 1. The van der Waals surface area contributed by atoms with Crippen LogP contribution in [-0.4, -0.2) is 30.8 Å². The van der Waals surface area contributed by atoms with Crippen LogP contribution in [0.3, 0.4) is 0 Å². The molecule has 3 aromatic rings. The Morgan fingerprint density at radius 3 is 2.37 bits per heavy atom. The number of carbonyl (C=O) groups is 2. The number of Topliss-reactive ketones (excluding diaryl/α,β-unsaturated/α-hetero) is 1. The number of hydrogen-bond acceptors (Lipinski definition) is 7. The standard InChI is InChI=1S/C32H31N3O6/c1-18-8-11-23(12-9-18)34-32(37)29-19(2)33-25-15-22(20-10-13-27(40-3)28(17-20)41-4)16-26(36)31(25)30(29)21-6-5-7-24(14-21)35(38)39/h5-14,17,22,30,33H,15-16H2,1-4H3,(H,34,37)/t22-,30-/m0/s1. The van der Waals surface area contributed by atoms with Crippen LogP contribution in [0, 0.1) is 17.0 Å². The largest absolute Gasteiger partial charge is 0.493 e. The first kappa shape index (κ1) is 27.6. The third-order valence-corrected chi connectivity index (χ3v) is 7.68. The van der Waals surface area contributed by atoms with E-state index in [0.29, 0.717) is 51.7 Å². The Labute approximate surface area is 238 Å².